The van der Waals surface area contributed by atoms with E-state index in [4.69, 9.17) is 4.74 Å². The summed E-state index contributed by atoms with van der Waals surface area (Å²) in [6.07, 6.45) is 0.680. The predicted octanol–water partition coefficient (Wildman–Crippen LogP) is 4.58. The molecule has 0 saturated carbocycles. The first-order valence-corrected chi connectivity index (χ1v) is 8.35. The van der Waals surface area contributed by atoms with Crippen LogP contribution in [0.3, 0.4) is 0 Å². The number of rotatable bonds is 5. The molecule has 23 heavy (non-hydrogen) atoms. The van der Waals surface area contributed by atoms with Gasteiger partial charge in [0.25, 0.3) is 0 Å². The quantitative estimate of drug-likeness (QED) is 0.645. The number of aromatic nitrogens is 1. The van der Waals surface area contributed by atoms with Gasteiger partial charge in [-0.3, -0.25) is 0 Å². The number of carbonyl (C=O) groups excluding carboxylic acids is 1. The Morgan fingerprint density at radius 3 is 2.35 bits per heavy atom. The number of benzene rings is 2. The maximum atomic E-state index is 12.2. The van der Waals surface area contributed by atoms with E-state index in [1.807, 2.05) is 48.5 Å². The molecule has 116 valence electrons. The van der Waals surface area contributed by atoms with Crippen LogP contribution in [-0.4, -0.2) is 17.6 Å². The van der Waals surface area contributed by atoms with Gasteiger partial charge in [0, 0.05) is 16.9 Å². The molecule has 0 spiro atoms. The van der Waals surface area contributed by atoms with Crippen molar-refractivity contribution in [2.24, 2.45) is 0 Å². The lowest BCUT2D eigenvalue weighted by Crippen LogP contribution is -2.08. The fraction of sp³-hybridized carbons (Fsp3) is 0.158. The molecule has 2 aromatic carbocycles. The Bertz CT molecular complexity index is 782. The van der Waals surface area contributed by atoms with E-state index in [-0.39, 0.29) is 5.97 Å². The minimum Gasteiger partial charge on any atom is -0.461 e. The highest BCUT2D eigenvalue weighted by molar-refractivity contribution is 7.15. The van der Waals surface area contributed by atoms with Crippen molar-refractivity contribution in [2.75, 3.05) is 6.61 Å². The lowest BCUT2D eigenvalue weighted by Gasteiger charge is -2.02. The molecule has 1 aromatic heterocycles. The molecule has 0 N–H and O–H groups in total. The molecule has 0 aliphatic carbocycles. The summed E-state index contributed by atoms with van der Waals surface area (Å²) in [5, 5.41) is 0.847. The number of hydrogen-bond donors (Lipinski definition) is 0. The van der Waals surface area contributed by atoms with Crippen LogP contribution in [0, 0.1) is 0 Å². The number of carbonyl (C=O) groups is 1. The number of thiazole rings is 1. The first-order chi connectivity index (χ1) is 11.3. The summed E-state index contributed by atoms with van der Waals surface area (Å²) in [4.78, 5) is 17.7. The first kappa shape index (κ1) is 15.4. The second-order valence-electron chi connectivity index (χ2n) is 5.04. The van der Waals surface area contributed by atoms with E-state index in [2.05, 4.69) is 17.1 Å². The van der Waals surface area contributed by atoms with Crippen molar-refractivity contribution in [3.8, 4) is 10.6 Å². The Morgan fingerprint density at radius 1 is 1.04 bits per heavy atom. The van der Waals surface area contributed by atoms with E-state index >= 15 is 0 Å². The SMILES string of the molecule is CCOC(=O)c1nc(-c2ccccc2)sc1Cc1ccccc1. The van der Waals surface area contributed by atoms with E-state index in [9.17, 15) is 4.79 Å². The average molecular weight is 323 g/mol. The molecule has 1 heterocycles. The molecule has 4 heteroatoms. The van der Waals surface area contributed by atoms with Crippen LogP contribution in [-0.2, 0) is 11.2 Å². The van der Waals surface area contributed by atoms with Crippen molar-refractivity contribution in [2.45, 2.75) is 13.3 Å². The molecule has 0 fully saturated rings. The molecule has 0 amide bonds. The molecule has 3 aromatic rings. The highest BCUT2D eigenvalue weighted by Gasteiger charge is 2.20. The smallest absolute Gasteiger partial charge is 0.358 e. The van der Waals surface area contributed by atoms with Gasteiger partial charge >= 0.3 is 5.97 Å². The van der Waals surface area contributed by atoms with Crippen LogP contribution in [0.15, 0.2) is 60.7 Å². The summed E-state index contributed by atoms with van der Waals surface area (Å²) in [7, 11) is 0. The number of nitrogens with zero attached hydrogens (tertiary/aromatic N) is 1. The molecule has 0 atom stereocenters. The maximum Gasteiger partial charge on any atom is 0.358 e. The highest BCUT2D eigenvalue weighted by atomic mass is 32.1. The standard InChI is InChI=1S/C19H17NO2S/c1-2-22-19(21)17-16(13-14-9-5-3-6-10-14)23-18(20-17)15-11-7-4-8-12-15/h3-12H,2,13H2,1H3. The zero-order chi connectivity index (χ0) is 16.1. The van der Waals surface area contributed by atoms with Crippen molar-refractivity contribution < 1.29 is 9.53 Å². The molecule has 0 bridgehead atoms. The molecule has 3 nitrogen and oxygen atoms in total. The Labute approximate surface area is 139 Å². The molecule has 0 radical (unpaired) electrons. The van der Waals surface area contributed by atoms with Crippen molar-refractivity contribution in [3.05, 3.63) is 76.8 Å². The average Bonchev–Trinajstić information content (AvgIpc) is 3.01. The van der Waals surface area contributed by atoms with Crippen molar-refractivity contribution in [1.29, 1.82) is 0 Å². The fourth-order valence-electron chi connectivity index (χ4n) is 2.32. The minimum atomic E-state index is -0.350. The van der Waals surface area contributed by atoms with Gasteiger partial charge in [-0.25, -0.2) is 9.78 Å². The van der Waals surface area contributed by atoms with Crippen LogP contribution in [0.4, 0.5) is 0 Å². The second kappa shape index (κ2) is 7.20. The van der Waals surface area contributed by atoms with Crippen LogP contribution < -0.4 is 0 Å². The third-order valence-electron chi connectivity index (χ3n) is 3.39. The number of ether oxygens (including phenoxy) is 1. The van der Waals surface area contributed by atoms with Crippen LogP contribution in [0.2, 0.25) is 0 Å². The Hall–Kier alpha value is -2.46. The van der Waals surface area contributed by atoms with Crippen LogP contribution >= 0.6 is 11.3 Å². The molecule has 0 aliphatic rings. The van der Waals surface area contributed by atoms with Crippen molar-refractivity contribution in [3.63, 3.8) is 0 Å². The molecule has 0 saturated heterocycles. The van der Waals surface area contributed by atoms with E-state index in [1.54, 1.807) is 18.3 Å². The highest BCUT2D eigenvalue weighted by Crippen LogP contribution is 2.30. The van der Waals surface area contributed by atoms with Crippen LogP contribution in [0.1, 0.15) is 27.9 Å². The van der Waals surface area contributed by atoms with Crippen LogP contribution in [0.5, 0.6) is 0 Å². The predicted molar refractivity (Wildman–Crippen MR) is 92.8 cm³/mol. The molecule has 0 unspecified atom stereocenters. The van der Waals surface area contributed by atoms with Gasteiger partial charge in [-0.1, -0.05) is 60.7 Å². The van der Waals surface area contributed by atoms with Gasteiger partial charge in [-0.2, -0.15) is 0 Å². The minimum absolute atomic E-state index is 0.349. The van der Waals surface area contributed by atoms with E-state index in [0.29, 0.717) is 18.7 Å². The van der Waals surface area contributed by atoms with E-state index in [1.165, 1.54) is 0 Å². The van der Waals surface area contributed by atoms with Gasteiger partial charge in [0.2, 0.25) is 0 Å². The van der Waals surface area contributed by atoms with Crippen molar-refractivity contribution in [1.82, 2.24) is 4.98 Å². The number of esters is 1. The summed E-state index contributed by atoms with van der Waals surface area (Å²) in [6, 6.07) is 20.0. The Balaban J connectivity index is 1.98. The topological polar surface area (TPSA) is 39.2 Å². The third kappa shape index (κ3) is 3.66. The van der Waals surface area contributed by atoms with Gasteiger partial charge in [-0.15, -0.1) is 11.3 Å². The zero-order valence-corrected chi connectivity index (χ0v) is 13.7. The van der Waals surface area contributed by atoms with Gasteiger partial charge in [0.05, 0.1) is 6.61 Å². The maximum absolute atomic E-state index is 12.2. The normalized spacial score (nSPS) is 10.5. The lowest BCUT2D eigenvalue weighted by atomic mass is 10.1. The fourth-order valence-corrected chi connectivity index (χ4v) is 3.40. The van der Waals surface area contributed by atoms with E-state index < -0.39 is 0 Å². The summed E-state index contributed by atoms with van der Waals surface area (Å²) < 4.78 is 5.16. The van der Waals surface area contributed by atoms with Gasteiger partial charge in [0.15, 0.2) is 5.69 Å². The third-order valence-corrected chi connectivity index (χ3v) is 4.50. The van der Waals surface area contributed by atoms with Crippen molar-refractivity contribution >= 4 is 17.3 Å². The zero-order valence-electron chi connectivity index (χ0n) is 12.9. The second-order valence-corrected chi connectivity index (χ2v) is 6.12. The number of hydrogen-bond acceptors (Lipinski definition) is 4. The van der Waals surface area contributed by atoms with Gasteiger partial charge in [0.1, 0.15) is 5.01 Å². The summed E-state index contributed by atoms with van der Waals surface area (Å²) in [6.45, 7) is 2.15. The Kier molecular flexibility index (Phi) is 4.83. The summed E-state index contributed by atoms with van der Waals surface area (Å²) in [5.41, 5.74) is 2.60. The molecular weight excluding hydrogens is 306 g/mol. The molecular formula is C19H17NO2S. The van der Waals surface area contributed by atoms with Gasteiger partial charge in [-0.05, 0) is 12.5 Å². The summed E-state index contributed by atoms with van der Waals surface area (Å²) >= 11 is 1.55. The lowest BCUT2D eigenvalue weighted by molar-refractivity contribution is 0.0519. The first-order valence-electron chi connectivity index (χ1n) is 7.54. The van der Waals surface area contributed by atoms with E-state index in [0.717, 1.165) is 21.0 Å². The molecule has 3 rings (SSSR count). The molecule has 0 aliphatic heterocycles. The van der Waals surface area contributed by atoms with Crippen LogP contribution in [0.25, 0.3) is 10.6 Å². The Morgan fingerprint density at radius 2 is 1.70 bits per heavy atom. The van der Waals surface area contributed by atoms with Gasteiger partial charge < -0.3 is 4.74 Å². The monoisotopic (exact) mass is 323 g/mol. The summed E-state index contributed by atoms with van der Waals surface area (Å²) in [5.74, 6) is -0.350. The largest absolute Gasteiger partial charge is 0.461 e.